The maximum absolute atomic E-state index is 13.5. The van der Waals surface area contributed by atoms with Crippen molar-refractivity contribution in [2.75, 3.05) is 6.54 Å². The van der Waals surface area contributed by atoms with Crippen LogP contribution in [0.15, 0.2) is 12.1 Å². The first-order chi connectivity index (χ1) is 6.88. The largest absolute Gasteiger partial charge is 0.507 e. The molecule has 1 aromatic rings. The molecular weight excluding hydrogens is 200 g/mol. The van der Waals surface area contributed by atoms with Crippen LogP contribution in [-0.2, 0) is 5.92 Å². The number of aryl methyl sites for hydroxylation is 2. The van der Waals surface area contributed by atoms with Gasteiger partial charge in [0.15, 0.2) is 0 Å². The molecule has 1 aromatic carbocycles. The molecule has 0 amide bonds. The van der Waals surface area contributed by atoms with Crippen molar-refractivity contribution >= 4 is 0 Å². The Morgan fingerprint density at radius 1 is 1.27 bits per heavy atom. The van der Waals surface area contributed by atoms with E-state index in [4.69, 9.17) is 5.73 Å². The molecule has 0 saturated carbocycles. The van der Waals surface area contributed by atoms with Crippen LogP contribution in [0.1, 0.15) is 23.1 Å². The first-order valence-corrected chi connectivity index (χ1v) is 4.77. The lowest BCUT2D eigenvalue weighted by Crippen LogP contribution is -2.18. The van der Waals surface area contributed by atoms with Gasteiger partial charge in [0.2, 0.25) is 0 Å². The highest BCUT2D eigenvalue weighted by Gasteiger charge is 2.31. The number of rotatable bonds is 3. The summed E-state index contributed by atoms with van der Waals surface area (Å²) in [6.07, 6.45) is -0.378. The summed E-state index contributed by atoms with van der Waals surface area (Å²) in [5, 5.41) is 9.46. The molecule has 0 aliphatic heterocycles. The van der Waals surface area contributed by atoms with E-state index in [1.165, 1.54) is 12.1 Å². The first-order valence-electron chi connectivity index (χ1n) is 4.77. The van der Waals surface area contributed by atoms with Gasteiger partial charge in [-0.25, -0.2) is 8.78 Å². The molecule has 1 rings (SSSR count). The van der Waals surface area contributed by atoms with Crippen molar-refractivity contribution in [3.05, 3.63) is 28.8 Å². The molecule has 0 radical (unpaired) electrons. The highest BCUT2D eigenvalue weighted by Crippen LogP contribution is 2.35. The summed E-state index contributed by atoms with van der Waals surface area (Å²) in [5.74, 6) is -2.85. The summed E-state index contributed by atoms with van der Waals surface area (Å²) in [6, 6.07) is 2.61. The topological polar surface area (TPSA) is 46.2 Å². The molecule has 0 aromatic heterocycles. The molecule has 3 N–H and O–H groups in total. The summed E-state index contributed by atoms with van der Waals surface area (Å²) in [6.45, 7) is 3.14. The predicted molar refractivity (Wildman–Crippen MR) is 55.1 cm³/mol. The number of hydrogen-bond donors (Lipinski definition) is 2. The van der Waals surface area contributed by atoms with E-state index in [1.807, 2.05) is 0 Å². The molecule has 0 atom stereocenters. The summed E-state index contributed by atoms with van der Waals surface area (Å²) >= 11 is 0. The second kappa shape index (κ2) is 4.14. The Morgan fingerprint density at radius 2 is 1.73 bits per heavy atom. The fourth-order valence-corrected chi connectivity index (χ4v) is 1.49. The van der Waals surface area contributed by atoms with E-state index in [1.54, 1.807) is 13.8 Å². The monoisotopic (exact) mass is 215 g/mol. The molecule has 15 heavy (non-hydrogen) atoms. The Balaban J connectivity index is 3.16. The van der Waals surface area contributed by atoms with Crippen LogP contribution in [0.5, 0.6) is 5.75 Å². The highest BCUT2D eigenvalue weighted by molar-refractivity contribution is 5.43. The van der Waals surface area contributed by atoms with Crippen molar-refractivity contribution in [1.29, 1.82) is 0 Å². The second-order valence-electron chi connectivity index (χ2n) is 3.70. The molecular formula is C11H15F2NO. The predicted octanol–water partition coefficient (Wildman–Crippen LogP) is 2.45. The first kappa shape index (κ1) is 11.9. The smallest absolute Gasteiger partial charge is 0.274 e. The van der Waals surface area contributed by atoms with Crippen molar-refractivity contribution < 1.29 is 13.9 Å². The Bertz CT molecular complexity index is 341. The van der Waals surface area contributed by atoms with E-state index in [0.717, 1.165) is 0 Å². The van der Waals surface area contributed by atoms with Crippen LogP contribution in [-0.4, -0.2) is 11.7 Å². The lowest BCUT2D eigenvalue weighted by atomic mass is 9.99. The lowest BCUT2D eigenvalue weighted by molar-refractivity contribution is -0.0108. The summed E-state index contributed by atoms with van der Waals surface area (Å²) < 4.78 is 27.0. The average Bonchev–Trinajstić information content (AvgIpc) is 2.13. The van der Waals surface area contributed by atoms with Gasteiger partial charge in [-0.05, 0) is 43.7 Å². The van der Waals surface area contributed by atoms with Crippen LogP contribution in [0.2, 0.25) is 0 Å². The van der Waals surface area contributed by atoms with Gasteiger partial charge in [-0.15, -0.1) is 0 Å². The molecule has 0 spiro atoms. The number of halogens is 2. The molecule has 0 aliphatic carbocycles. The molecule has 0 saturated heterocycles. The Morgan fingerprint density at radius 3 is 2.13 bits per heavy atom. The quantitative estimate of drug-likeness (QED) is 0.813. The molecule has 0 heterocycles. The molecule has 0 aliphatic rings. The Kier molecular flexibility index (Phi) is 3.29. The third-order valence-electron chi connectivity index (χ3n) is 2.37. The zero-order valence-electron chi connectivity index (χ0n) is 8.85. The maximum Gasteiger partial charge on any atom is 0.274 e. The van der Waals surface area contributed by atoms with Gasteiger partial charge in [0, 0.05) is 12.0 Å². The van der Waals surface area contributed by atoms with Crippen molar-refractivity contribution in [2.24, 2.45) is 5.73 Å². The highest BCUT2D eigenvalue weighted by atomic mass is 19.3. The number of alkyl halides is 2. The van der Waals surface area contributed by atoms with Crippen molar-refractivity contribution in [3.8, 4) is 5.75 Å². The zero-order valence-corrected chi connectivity index (χ0v) is 8.85. The fourth-order valence-electron chi connectivity index (χ4n) is 1.49. The number of aromatic hydroxyl groups is 1. The number of nitrogens with two attached hydrogens (primary N) is 1. The van der Waals surface area contributed by atoms with E-state index in [2.05, 4.69) is 0 Å². The van der Waals surface area contributed by atoms with Crippen molar-refractivity contribution in [1.82, 2.24) is 0 Å². The SMILES string of the molecule is Cc1cc(C(F)(F)CCN)cc(C)c1O. The number of phenolic OH excluding ortho intramolecular Hbond substituents is 1. The van der Waals surface area contributed by atoms with Crippen molar-refractivity contribution in [3.63, 3.8) is 0 Å². The fraction of sp³-hybridized carbons (Fsp3) is 0.455. The zero-order chi connectivity index (χ0) is 11.6. The van der Waals surface area contributed by atoms with E-state index in [-0.39, 0.29) is 24.3 Å². The van der Waals surface area contributed by atoms with Crippen molar-refractivity contribution in [2.45, 2.75) is 26.2 Å². The summed E-state index contributed by atoms with van der Waals surface area (Å²) in [7, 11) is 0. The molecule has 0 unspecified atom stereocenters. The van der Waals surface area contributed by atoms with Crippen LogP contribution in [0.25, 0.3) is 0 Å². The van der Waals surface area contributed by atoms with E-state index in [0.29, 0.717) is 11.1 Å². The third kappa shape index (κ3) is 2.45. The minimum atomic E-state index is -2.92. The number of benzene rings is 1. The van der Waals surface area contributed by atoms with E-state index >= 15 is 0 Å². The standard InChI is InChI=1S/C11H15F2NO/c1-7-5-9(6-8(2)10(7)15)11(12,13)3-4-14/h5-6,15H,3-4,14H2,1-2H3. The average molecular weight is 215 g/mol. The van der Waals surface area contributed by atoms with Crippen LogP contribution in [0.3, 0.4) is 0 Å². The van der Waals surface area contributed by atoms with E-state index in [9.17, 15) is 13.9 Å². The maximum atomic E-state index is 13.5. The molecule has 0 fully saturated rings. The van der Waals surface area contributed by atoms with Crippen LogP contribution < -0.4 is 5.73 Å². The van der Waals surface area contributed by atoms with Crippen LogP contribution in [0.4, 0.5) is 8.78 Å². The second-order valence-corrected chi connectivity index (χ2v) is 3.70. The summed E-state index contributed by atoms with van der Waals surface area (Å²) in [4.78, 5) is 0. The molecule has 84 valence electrons. The van der Waals surface area contributed by atoms with Gasteiger partial charge >= 0.3 is 0 Å². The summed E-state index contributed by atoms with van der Waals surface area (Å²) in [5.41, 5.74) is 5.97. The normalized spacial score (nSPS) is 11.8. The van der Waals surface area contributed by atoms with Gasteiger partial charge in [-0.2, -0.15) is 0 Å². The van der Waals surface area contributed by atoms with Gasteiger partial charge in [0.25, 0.3) is 5.92 Å². The molecule has 4 heteroatoms. The van der Waals surface area contributed by atoms with Gasteiger partial charge < -0.3 is 10.8 Å². The number of phenols is 1. The van der Waals surface area contributed by atoms with Gasteiger partial charge in [0.1, 0.15) is 5.75 Å². The minimum absolute atomic E-state index is 0.0635. The molecule has 0 bridgehead atoms. The van der Waals surface area contributed by atoms with Crippen LogP contribution in [0, 0.1) is 13.8 Å². The van der Waals surface area contributed by atoms with Gasteiger partial charge in [-0.1, -0.05) is 0 Å². The van der Waals surface area contributed by atoms with Gasteiger partial charge in [-0.3, -0.25) is 0 Å². The molecule has 2 nitrogen and oxygen atoms in total. The minimum Gasteiger partial charge on any atom is -0.507 e. The Labute approximate surface area is 87.7 Å². The third-order valence-corrected chi connectivity index (χ3v) is 2.37. The number of hydrogen-bond acceptors (Lipinski definition) is 2. The van der Waals surface area contributed by atoms with Crippen LogP contribution >= 0.6 is 0 Å². The van der Waals surface area contributed by atoms with E-state index < -0.39 is 5.92 Å². The Hall–Kier alpha value is -1.16. The van der Waals surface area contributed by atoms with Gasteiger partial charge in [0.05, 0.1) is 0 Å². The lowest BCUT2D eigenvalue weighted by Gasteiger charge is -2.17.